The molecule has 0 radical (unpaired) electrons. The zero-order chi connectivity index (χ0) is 68.6. The topological polar surface area (TPSA) is 303 Å². The Bertz CT molecular complexity index is 3890. The number of fused-ring (bicyclic) bond motifs is 5. The average Bonchev–Trinajstić information content (AvgIpc) is 1.47. The van der Waals surface area contributed by atoms with Crippen molar-refractivity contribution in [2.45, 2.75) is 174 Å². The molecule has 3 aliphatic heterocycles. The lowest BCUT2D eigenvalue weighted by molar-refractivity contribution is -0.172. The van der Waals surface area contributed by atoms with E-state index < -0.39 is 77.2 Å². The quantitative estimate of drug-likeness (QED) is 0.0206. The Balaban J connectivity index is 0.655. The summed E-state index contributed by atoms with van der Waals surface area (Å²) >= 11 is 0. The first kappa shape index (κ1) is 70.1. The molecule has 1 saturated heterocycles. The Morgan fingerprint density at radius 2 is 1.61 bits per heavy atom. The molecule has 1 spiro atoms. The minimum absolute atomic E-state index is 0.00152. The average molecular weight is 1320 g/mol. The number of nitrogens with zero attached hydrogens (tertiary/aromatic N) is 4. The molecule has 512 valence electrons. The Hall–Kier alpha value is -8.67. The zero-order valence-electron chi connectivity index (χ0n) is 55.8. The molecule has 96 heavy (non-hydrogen) atoms. The smallest absolute Gasteiger partial charge is 0.343 e. The number of nitrogens with one attached hydrogen (secondary N) is 5. The largest absolute Gasteiger partial charge is 0.458 e. The number of aryl methyl sites for hydroxylation is 2. The number of unbranched alkanes of at least 4 members (excludes halogenated alkanes) is 1. The molecule has 0 bridgehead atoms. The SMILES string of the molecule is C=Cc1ccccc1CN(C(=O)CCNC(=O)C1CCC2(CC1)CCN(C(=O)CCOCCC(=O)N[C@H](C(=O)N[C@@H](CCCCN)C(=O)NCC(=O)N[C@H]1CCc3c(C)c(F)cc4nc5c(c1c34)Cn1c-5cc3c(c1=O)COC(=O)[C@]3(O)CC)C(C)C)CC2)c1ccccc1C. The van der Waals surface area contributed by atoms with Gasteiger partial charge >= 0.3 is 5.97 Å². The summed E-state index contributed by atoms with van der Waals surface area (Å²) in [6.07, 6.45) is 8.84. The highest BCUT2D eigenvalue weighted by Crippen LogP contribution is 2.48. The summed E-state index contributed by atoms with van der Waals surface area (Å²) in [7, 11) is 0. The van der Waals surface area contributed by atoms with Crippen molar-refractivity contribution in [2.24, 2.45) is 23.0 Å². The number of rotatable bonds is 27. The van der Waals surface area contributed by atoms with Crippen LogP contribution in [0.25, 0.3) is 28.4 Å². The number of esters is 1. The number of halogens is 1. The van der Waals surface area contributed by atoms with Crippen LogP contribution in [0.5, 0.6) is 0 Å². The van der Waals surface area contributed by atoms with Crippen LogP contribution in [0, 0.1) is 36.9 Å². The van der Waals surface area contributed by atoms with Crippen LogP contribution in [0.4, 0.5) is 10.1 Å². The van der Waals surface area contributed by atoms with Crippen molar-refractivity contribution in [3.63, 3.8) is 0 Å². The number of aliphatic hydroxyl groups is 1. The Morgan fingerprint density at radius 1 is 0.885 bits per heavy atom. The lowest BCUT2D eigenvalue weighted by Crippen LogP contribution is -2.56. The van der Waals surface area contributed by atoms with Gasteiger partial charge in [-0.25, -0.2) is 14.2 Å². The minimum Gasteiger partial charge on any atom is -0.458 e. The van der Waals surface area contributed by atoms with Crippen LogP contribution < -0.4 is 42.8 Å². The van der Waals surface area contributed by atoms with E-state index in [1.807, 2.05) is 60.4 Å². The third-order valence-corrected chi connectivity index (χ3v) is 20.5. The molecule has 5 aliphatic rings. The van der Waals surface area contributed by atoms with Gasteiger partial charge in [-0.05, 0) is 154 Å². The van der Waals surface area contributed by atoms with Gasteiger partial charge in [0.15, 0.2) is 5.60 Å². The van der Waals surface area contributed by atoms with Gasteiger partial charge in [0, 0.05) is 66.7 Å². The highest BCUT2D eigenvalue weighted by molar-refractivity contribution is 5.97. The maximum absolute atomic E-state index is 15.6. The van der Waals surface area contributed by atoms with Gasteiger partial charge in [-0.15, -0.1) is 0 Å². The number of para-hydroxylation sites is 1. The van der Waals surface area contributed by atoms with E-state index in [9.17, 15) is 48.3 Å². The fourth-order valence-corrected chi connectivity index (χ4v) is 14.6. The summed E-state index contributed by atoms with van der Waals surface area (Å²) in [5.74, 6) is -4.26. The van der Waals surface area contributed by atoms with E-state index >= 15 is 4.39 Å². The highest BCUT2D eigenvalue weighted by Gasteiger charge is 2.47. The number of amides is 7. The summed E-state index contributed by atoms with van der Waals surface area (Å²) in [5.41, 5.74) is 10.7. The molecule has 5 heterocycles. The third kappa shape index (κ3) is 15.1. The molecule has 1 saturated carbocycles. The number of cyclic esters (lactones) is 1. The van der Waals surface area contributed by atoms with E-state index in [1.165, 1.54) is 10.6 Å². The van der Waals surface area contributed by atoms with Crippen molar-refractivity contribution in [1.82, 2.24) is 41.0 Å². The number of ether oxygens (including phenoxy) is 2. The van der Waals surface area contributed by atoms with Crippen LogP contribution in [0.1, 0.15) is 167 Å². The van der Waals surface area contributed by atoms with Crippen molar-refractivity contribution in [3.05, 3.63) is 133 Å². The fraction of sp³-hybridized carbons (Fsp3) is 0.507. The van der Waals surface area contributed by atoms with Gasteiger partial charge in [0.2, 0.25) is 41.4 Å². The molecular formula is C73H91FN10O12. The van der Waals surface area contributed by atoms with Crippen molar-refractivity contribution in [2.75, 3.05) is 50.8 Å². The second-order valence-electron chi connectivity index (χ2n) is 26.8. The Morgan fingerprint density at radius 3 is 2.33 bits per heavy atom. The monoisotopic (exact) mass is 1320 g/mol. The molecule has 4 atom stereocenters. The molecule has 23 heteroatoms. The van der Waals surface area contributed by atoms with Crippen molar-refractivity contribution in [1.29, 1.82) is 0 Å². The summed E-state index contributed by atoms with van der Waals surface area (Å²) in [6, 6.07) is 15.8. The van der Waals surface area contributed by atoms with E-state index in [2.05, 4.69) is 33.2 Å². The minimum atomic E-state index is -2.06. The van der Waals surface area contributed by atoms with Crippen molar-refractivity contribution >= 4 is 70.0 Å². The van der Waals surface area contributed by atoms with Gasteiger partial charge in [0.1, 0.15) is 24.5 Å². The lowest BCUT2D eigenvalue weighted by Gasteiger charge is -2.45. The fourth-order valence-electron chi connectivity index (χ4n) is 14.6. The van der Waals surface area contributed by atoms with E-state index in [0.717, 1.165) is 66.5 Å². The summed E-state index contributed by atoms with van der Waals surface area (Å²) in [4.78, 5) is 131. The van der Waals surface area contributed by atoms with Crippen LogP contribution in [-0.2, 0) is 79.5 Å². The van der Waals surface area contributed by atoms with E-state index in [4.69, 9.17) is 20.2 Å². The number of hydrogen-bond donors (Lipinski definition) is 7. The van der Waals surface area contributed by atoms with Crippen LogP contribution in [0.3, 0.4) is 0 Å². The number of benzene rings is 3. The molecule has 8 N–H and O–H groups in total. The number of pyridine rings is 2. The van der Waals surface area contributed by atoms with Gasteiger partial charge in [-0.1, -0.05) is 75.9 Å². The number of likely N-dealkylation sites (tertiary alicyclic amines) is 1. The van der Waals surface area contributed by atoms with Crippen molar-refractivity contribution < 1.29 is 57.3 Å². The number of aromatic nitrogens is 2. The van der Waals surface area contributed by atoms with Gasteiger partial charge in [0.25, 0.3) is 5.56 Å². The van der Waals surface area contributed by atoms with Crippen LogP contribution >= 0.6 is 0 Å². The molecule has 2 aromatic heterocycles. The first-order valence-electron chi connectivity index (χ1n) is 34.0. The first-order chi connectivity index (χ1) is 46.1. The molecule has 7 amide bonds. The molecule has 0 unspecified atom stereocenters. The maximum atomic E-state index is 15.6. The third-order valence-electron chi connectivity index (χ3n) is 20.5. The number of carbonyl (C=O) groups is 8. The molecular weight excluding hydrogens is 1230 g/mol. The van der Waals surface area contributed by atoms with E-state index in [1.54, 1.807) is 44.7 Å². The number of hydrogen-bond acceptors (Lipinski definition) is 14. The highest BCUT2D eigenvalue weighted by atomic mass is 19.1. The predicted molar refractivity (Wildman–Crippen MR) is 360 cm³/mol. The van der Waals surface area contributed by atoms with Gasteiger partial charge in [-0.3, -0.25) is 38.4 Å². The molecule has 5 aromatic rings. The summed E-state index contributed by atoms with van der Waals surface area (Å²) in [6.45, 7) is 14.3. The van der Waals surface area contributed by atoms with Crippen LogP contribution in [0.15, 0.2) is 72.0 Å². The van der Waals surface area contributed by atoms with Gasteiger partial charge < -0.3 is 61.3 Å². The predicted octanol–water partition coefficient (Wildman–Crippen LogP) is 6.79. The summed E-state index contributed by atoms with van der Waals surface area (Å²) < 4.78 is 28.1. The van der Waals surface area contributed by atoms with Crippen LogP contribution in [-0.4, -0.2) is 125 Å². The van der Waals surface area contributed by atoms with Crippen LogP contribution in [0.2, 0.25) is 0 Å². The second kappa shape index (κ2) is 30.6. The number of carbonyl (C=O) groups excluding carboxylic acids is 8. The first-order valence-corrected chi connectivity index (χ1v) is 34.0. The number of piperidine rings is 1. The number of nitrogens with two attached hydrogens (primary N) is 1. The Labute approximate surface area is 559 Å². The van der Waals surface area contributed by atoms with Crippen molar-refractivity contribution in [3.8, 4) is 11.4 Å². The normalized spacial score (nSPS) is 18.3. The van der Waals surface area contributed by atoms with Gasteiger partial charge in [-0.2, -0.15) is 0 Å². The van der Waals surface area contributed by atoms with Gasteiger partial charge in [0.05, 0.1) is 67.8 Å². The van der Waals surface area contributed by atoms with E-state index in [-0.39, 0.29) is 105 Å². The molecule has 22 nitrogen and oxygen atoms in total. The number of anilines is 1. The lowest BCUT2D eigenvalue weighted by atomic mass is 9.65. The summed E-state index contributed by atoms with van der Waals surface area (Å²) in [5, 5.41) is 26.5. The zero-order valence-corrected chi connectivity index (χ0v) is 55.8. The van der Waals surface area contributed by atoms with E-state index in [0.29, 0.717) is 90.8 Å². The Kier molecular flexibility index (Phi) is 22.4. The standard InChI is InChI=1S/C73H91FN10O12/c1-7-46-16-10-11-17-48(46)40-83(57-19-12-9-15-44(57)5)62(88)24-32-76-67(89)47-22-27-72(28-23-47)29-33-82(34-30-72)61(87)26-36-95-35-25-59(85)81-65(43(3)4)69(91)80-55(18-13-14-31-75)68(90)77-39-60(86)78-54-21-20-49-45(6)53(74)38-56-63(49)64(54)50-41-84-58(66(50)79-56)37-52-51(70(84)92)42-96-71(93)73(52,94)8-2/h7,9-12,15-17,19,37-38,43,47,54-55,65,94H,1,8,13-14,18,20-36,39-42,75H2,2-6H3,(H,76,89)(H,77,90)(H,78,86)(H,80,91)(H,81,85)/t54-,55-,65-,73-/m0/s1. The molecule has 2 aliphatic carbocycles. The second-order valence-corrected chi connectivity index (χ2v) is 26.8. The molecule has 3 aromatic carbocycles. The maximum Gasteiger partial charge on any atom is 0.343 e. The molecule has 10 rings (SSSR count). The molecule has 2 fully saturated rings.